The Labute approximate surface area is 118 Å². The number of carboxylic acid groups (broad SMARTS) is 1. The van der Waals surface area contributed by atoms with E-state index in [0.717, 1.165) is 4.90 Å². The largest absolute Gasteiger partial charge is 0.478 e. The first-order valence-electron chi connectivity index (χ1n) is 5.40. The maximum Gasteiger partial charge on any atom is 0.337 e. The minimum Gasteiger partial charge on any atom is -0.478 e. The molecule has 5 nitrogen and oxygen atoms in total. The van der Waals surface area contributed by atoms with Gasteiger partial charge >= 0.3 is 5.97 Å². The summed E-state index contributed by atoms with van der Waals surface area (Å²) in [5, 5.41) is 8.61. The summed E-state index contributed by atoms with van der Waals surface area (Å²) in [5.41, 5.74) is -0.0169. The van der Waals surface area contributed by atoms with Gasteiger partial charge in [-0.2, -0.15) is 0 Å². The molecule has 0 saturated carbocycles. The van der Waals surface area contributed by atoms with Crippen LogP contribution in [0.25, 0.3) is 0 Å². The topological polar surface area (TPSA) is 74.7 Å². The van der Waals surface area contributed by atoms with Crippen LogP contribution in [0, 0.1) is 0 Å². The number of rotatable bonds is 3. The molecule has 1 aliphatic rings. The molecule has 0 spiro atoms. The first kappa shape index (κ1) is 13.9. The van der Waals surface area contributed by atoms with Crippen molar-refractivity contribution in [3.05, 3.63) is 28.8 Å². The van der Waals surface area contributed by atoms with Gasteiger partial charge in [-0.1, -0.05) is 11.6 Å². The predicted octanol–water partition coefficient (Wildman–Crippen LogP) is 1.89. The van der Waals surface area contributed by atoms with Gasteiger partial charge in [0.15, 0.2) is 0 Å². The minimum absolute atomic E-state index is 0.0169. The fourth-order valence-corrected chi connectivity index (χ4v) is 3.06. The van der Waals surface area contributed by atoms with Gasteiger partial charge in [0, 0.05) is 18.4 Å². The molecule has 0 radical (unpaired) electrons. The fraction of sp³-hybridized carbons (Fsp3) is 0.250. The molecule has 1 fully saturated rings. The smallest absolute Gasteiger partial charge is 0.337 e. The third-order valence-electron chi connectivity index (χ3n) is 2.79. The van der Waals surface area contributed by atoms with Gasteiger partial charge in [0.1, 0.15) is 0 Å². The third-order valence-corrected chi connectivity index (χ3v) is 4.30. The van der Waals surface area contributed by atoms with E-state index < -0.39 is 11.2 Å². The average Bonchev–Trinajstić information content (AvgIpc) is 2.59. The van der Waals surface area contributed by atoms with Crippen LogP contribution in [0.15, 0.2) is 23.1 Å². The Morgan fingerprint density at radius 3 is 2.68 bits per heavy atom. The van der Waals surface area contributed by atoms with Gasteiger partial charge in [-0.3, -0.25) is 14.5 Å². The van der Waals surface area contributed by atoms with Crippen LogP contribution in [0.5, 0.6) is 0 Å². The summed E-state index contributed by atoms with van der Waals surface area (Å²) in [6.07, 6.45) is 0.130. The van der Waals surface area contributed by atoms with Crippen LogP contribution in [0.3, 0.4) is 0 Å². The number of carboxylic acids is 1. The molecule has 1 aliphatic heterocycles. The second-order valence-electron chi connectivity index (χ2n) is 4.05. The molecule has 2 rings (SSSR count). The van der Waals surface area contributed by atoms with Crippen molar-refractivity contribution in [2.24, 2.45) is 0 Å². The van der Waals surface area contributed by atoms with Crippen LogP contribution in [-0.2, 0) is 9.59 Å². The third kappa shape index (κ3) is 2.74. The van der Waals surface area contributed by atoms with Gasteiger partial charge in [0.25, 0.3) is 0 Å². The summed E-state index contributed by atoms with van der Waals surface area (Å²) in [4.78, 5) is 35.8. The standard InChI is InChI=1S/C12H10ClNO4S/c1-14-10(15)5-9(11(14)16)19-6-2-3-8(13)7(4-6)12(17)18/h2-4,9H,5H2,1H3,(H,17,18). The number of hydrogen-bond acceptors (Lipinski definition) is 4. The highest BCUT2D eigenvalue weighted by atomic mass is 35.5. The van der Waals surface area contributed by atoms with E-state index in [2.05, 4.69) is 0 Å². The molecular formula is C12H10ClNO4S. The van der Waals surface area contributed by atoms with Gasteiger partial charge in [0.2, 0.25) is 11.8 Å². The molecule has 1 saturated heterocycles. The summed E-state index contributed by atoms with van der Waals surface area (Å²) in [5.74, 6) is -1.62. The molecule has 1 unspecified atom stereocenters. The normalized spacial score (nSPS) is 19.1. The number of amides is 2. The minimum atomic E-state index is -1.13. The van der Waals surface area contributed by atoms with E-state index in [0.29, 0.717) is 4.90 Å². The Morgan fingerprint density at radius 2 is 2.16 bits per heavy atom. The molecule has 19 heavy (non-hydrogen) atoms. The Balaban J connectivity index is 2.21. The molecule has 7 heteroatoms. The Morgan fingerprint density at radius 1 is 1.47 bits per heavy atom. The summed E-state index contributed by atoms with van der Waals surface area (Å²) in [6, 6.07) is 4.51. The molecule has 1 aromatic rings. The molecule has 1 N–H and O–H groups in total. The van der Waals surface area contributed by atoms with Crippen LogP contribution in [0.1, 0.15) is 16.8 Å². The number of benzene rings is 1. The summed E-state index contributed by atoms with van der Waals surface area (Å²) in [7, 11) is 1.44. The molecule has 2 amide bonds. The lowest BCUT2D eigenvalue weighted by molar-refractivity contribution is -0.136. The van der Waals surface area contributed by atoms with E-state index in [-0.39, 0.29) is 28.8 Å². The summed E-state index contributed by atoms with van der Waals surface area (Å²) < 4.78 is 0. The highest BCUT2D eigenvalue weighted by Gasteiger charge is 2.36. The number of hydrogen-bond donors (Lipinski definition) is 1. The van der Waals surface area contributed by atoms with Gasteiger partial charge < -0.3 is 5.11 Å². The van der Waals surface area contributed by atoms with E-state index in [1.165, 1.54) is 30.9 Å². The van der Waals surface area contributed by atoms with Gasteiger partial charge in [-0.05, 0) is 18.2 Å². The van der Waals surface area contributed by atoms with Crippen LogP contribution >= 0.6 is 23.4 Å². The zero-order valence-electron chi connectivity index (χ0n) is 9.92. The van der Waals surface area contributed by atoms with Crippen LogP contribution in [0.2, 0.25) is 5.02 Å². The first-order chi connectivity index (χ1) is 8.90. The number of nitrogens with zero attached hydrogens (tertiary/aromatic N) is 1. The van der Waals surface area contributed by atoms with E-state index in [9.17, 15) is 14.4 Å². The Bertz CT molecular complexity index is 575. The van der Waals surface area contributed by atoms with Crippen molar-refractivity contribution in [3.63, 3.8) is 0 Å². The quantitative estimate of drug-likeness (QED) is 0.863. The summed E-state index contributed by atoms with van der Waals surface area (Å²) in [6.45, 7) is 0. The number of thioether (sulfide) groups is 1. The molecule has 1 heterocycles. The van der Waals surface area contributed by atoms with Crippen molar-refractivity contribution in [2.75, 3.05) is 7.05 Å². The monoisotopic (exact) mass is 299 g/mol. The lowest BCUT2D eigenvalue weighted by Crippen LogP contribution is -2.26. The number of carbonyl (C=O) groups excluding carboxylic acids is 2. The lowest BCUT2D eigenvalue weighted by atomic mass is 10.2. The molecule has 1 aromatic carbocycles. The van der Waals surface area contributed by atoms with Gasteiger partial charge in [-0.25, -0.2) is 4.79 Å². The van der Waals surface area contributed by atoms with Crippen molar-refractivity contribution < 1.29 is 19.5 Å². The fourth-order valence-electron chi connectivity index (χ4n) is 1.72. The van der Waals surface area contributed by atoms with E-state index in [1.54, 1.807) is 6.07 Å². The number of aromatic carboxylic acids is 1. The van der Waals surface area contributed by atoms with Crippen LogP contribution < -0.4 is 0 Å². The van der Waals surface area contributed by atoms with E-state index in [4.69, 9.17) is 16.7 Å². The molecule has 1 atom stereocenters. The van der Waals surface area contributed by atoms with Crippen molar-refractivity contribution >= 4 is 41.1 Å². The van der Waals surface area contributed by atoms with Gasteiger partial charge in [0.05, 0.1) is 15.8 Å². The zero-order valence-corrected chi connectivity index (χ0v) is 11.5. The second-order valence-corrected chi connectivity index (χ2v) is 5.73. The maximum atomic E-state index is 11.7. The zero-order chi connectivity index (χ0) is 14.2. The first-order valence-corrected chi connectivity index (χ1v) is 6.66. The number of halogens is 1. The highest BCUT2D eigenvalue weighted by molar-refractivity contribution is 8.00. The van der Waals surface area contributed by atoms with Crippen molar-refractivity contribution in [3.8, 4) is 0 Å². The molecule has 100 valence electrons. The van der Waals surface area contributed by atoms with Crippen LogP contribution in [-0.4, -0.2) is 40.1 Å². The van der Waals surface area contributed by atoms with Crippen LogP contribution in [0.4, 0.5) is 0 Å². The Hall–Kier alpha value is -1.53. The second kappa shape index (κ2) is 5.22. The summed E-state index contributed by atoms with van der Waals surface area (Å²) >= 11 is 6.94. The Kier molecular flexibility index (Phi) is 3.82. The van der Waals surface area contributed by atoms with Crippen molar-refractivity contribution in [1.82, 2.24) is 4.90 Å². The average molecular weight is 300 g/mol. The lowest BCUT2D eigenvalue weighted by Gasteiger charge is -2.09. The SMILES string of the molecule is CN1C(=O)CC(Sc2ccc(Cl)c(C(=O)O)c2)C1=O. The molecule has 0 aromatic heterocycles. The molecular weight excluding hydrogens is 290 g/mol. The maximum absolute atomic E-state index is 11.7. The van der Waals surface area contributed by atoms with E-state index >= 15 is 0 Å². The number of likely N-dealkylation sites (tertiary alicyclic amines) is 1. The molecule has 0 aliphatic carbocycles. The highest BCUT2D eigenvalue weighted by Crippen LogP contribution is 2.32. The van der Waals surface area contributed by atoms with Gasteiger partial charge in [-0.15, -0.1) is 11.8 Å². The molecule has 0 bridgehead atoms. The van der Waals surface area contributed by atoms with Crippen molar-refractivity contribution in [2.45, 2.75) is 16.6 Å². The number of carbonyl (C=O) groups is 3. The van der Waals surface area contributed by atoms with E-state index in [1.807, 2.05) is 0 Å². The number of imide groups is 1. The van der Waals surface area contributed by atoms with Crippen molar-refractivity contribution in [1.29, 1.82) is 0 Å². The predicted molar refractivity (Wildman–Crippen MR) is 70.5 cm³/mol.